The Morgan fingerprint density at radius 3 is 2.54 bits per heavy atom. The van der Waals surface area contributed by atoms with Crippen molar-refractivity contribution in [2.24, 2.45) is 5.73 Å². The normalized spacial score (nSPS) is 21.8. The standard InChI is InChI=1S/C18H14FNO7S/c19-13-7-1-10(2-8-13)9-28(24,25)27-16-14(21)15(26-17(16)20)11-3-5-12(6-4-11)18(22)23/h1-8,15H,9,20H2,(H,22,23)/t15-/m1/s1/i9D2,15D/hD. The van der Waals surface area contributed by atoms with Crippen LogP contribution >= 0.6 is 0 Å². The molecule has 0 bridgehead atoms. The molecule has 0 unspecified atom stereocenters. The van der Waals surface area contributed by atoms with E-state index in [0.717, 1.165) is 48.5 Å². The Balaban J connectivity index is 1.89. The van der Waals surface area contributed by atoms with Crippen LogP contribution in [-0.2, 0) is 29.5 Å². The highest BCUT2D eigenvalue weighted by atomic mass is 32.2. The molecule has 0 aromatic heterocycles. The quantitative estimate of drug-likeness (QED) is 0.688. The largest absolute Gasteiger partial charge is 0.478 e. The molecule has 1 heterocycles. The van der Waals surface area contributed by atoms with Gasteiger partial charge in [-0.1, -0.05) is 24.3 Å². The Labute approximate surface area is 164 Å². The molecule has 3 rings (SSSR count). The Morgan fingerprint density at radius 2 is 1.93 bits per heavy atom. The molecule has 0 amide bonds. The molecule has 2 aromatic rings. The predicted octanol–water partition coefficient (Wildman–Crippen LogP) is 1.84. The lowest BCUT2D eigenvalue weighted by atomic mass is 10.0. The summed E-state index contributed by atoms with van der Waals surface area (Å²) in [5, 5.41) is 3.81. The van der Waals surface area contributed by atoms with E-state index in [0.29, 0.717) is 0 Å². The predicted molar refractivity (Wildman–Crippen MR) is 93.6 cm³/mol. The van der Waals surface area contributed by atoms with E-state index in [2.05, 4.69) is 9.29 Å². The van der Waals surface area contributed by atoms with Gasteiger partial charge < -0.3 is 19.8 Å². The Morgan fingerprint density at radius 1 is 1.29 bits per heavy atom. The lowest BCUT2D eigenvalue weighted by Crippen LogP contribution is -2.16. The van der Waals surface area contributed by atoms with Gasteiger partial charge in [0.1, 0.15) is 11.5 Å². The Kier molecular flexibility index (Phi) is 3.82. The highest BCUT2D eigenvalue weighted by Gasteiger charge is 2.39. The summed E-state index contributed by atoms with van der Waals surface area (Å²) >= 11 is 0. The summed E-state index contributed by atoms with van der Waals surface area (Å²) in [6, 6.07) is 7.98. The SMILES string of the molecule is [2H]OC(=O)c1ccc([C@@]2([2H])OC(N)=C(OS(=O)(=O)C([2H])([2H])c3ccc(F)cc3)C2=O)cc1. The van der Waals surface area contributed by atoms with Crippen LogP contribution in [0.5, 0.6) is 0 Å². The number of carboxylic acids is 1. The van der Waals surface area contributed by atoms with E-state index in [9.17, 15) is 22.4 Å². The summed E-state index contributed by atoms with van der Waals surface area (Å²) in [6.07, 6.45) is -2.58. The number of Topliss-reactive ketones (excluding diaryl/α,β-unsaturated/α-hetero) is 1. The van der Waals surface area contributed by atoms with Crippen LogP contribution in [0.4, 0.5) is 4.39 Å². The maximum atomic E-state index is 13.1. The number of aromatic carboxylic acids is 1. The third kappa shape index (κ3) is 4.12. The molecule has 1 atom stereocenters. The number of ether oxygens (including phenoxy) is 1. The minimum atomic E-state index is -5.22. The number of carbonyl (C=O) groups excluding carboxylic acids is 1. The van der Waals surface area contributed by atoms with Crippen LogP contribution in [0.25, 0.3) is 1.43 Å². The molecular weight excluding hydrogens is 393 g/mol. The fourth-order valence-electron chi connectivity index (χ4n) is 2.24. The lowest BCUT2D eigenvalue weighted by molar-refractivity contribution is -0.123. The van der Waals surface area contributed by atoms with E-state index in [1.807, 2.05) is 0 Å². The first-order chi connectivity index (χ1) is 14.8. The van der Waals surface area contributed by atoms with Crippen LogP contribution in [0.1, 0.15) is 31.7 Å². The van der Waals surface area contributed by atoms with Crippen LogP contribution < -0.4 is 5.73 Å². The number of rotatable bonds is 6. The second kappa shape index (κ2) is 7.31. The molecular formula is C18H14FNO7S. The average Bonchev–Trinajstić information content (AvgIpc) is 2.97. The minimum Gasteiger partial charge on any atom is -0.478 e. The Bertz CT molecular complexity index is 1220. The van der Waals surface area contributed by atoms with Crippen LogP contribution in [0, 0.1) is 5.82 Å². The van der Waals surface area contributed by atoms with Crippen LogP contribution in [0.15, 0.2) is 60.2 Å². The molecule has 0 radical (unpaired) electrons. The first-order valence-corrected chi connectivity index (χ1v) is 8.96. The highest BCUT2D eigenvalue weighted by molar-refractivity contribution is 7.86. The van der Waals surface area contributed by atoms with E-state index in [1.165, 1.54) is 0 Å². The number of halogens is 1. The van der Waals surface area contributed by atoms with Gasteiger partial charge in [0.05, 0.1) is 9.68 Å². The molecule has 8 nitrogen and oxygen atoms in total. The minimum absolute atomic E-state index is 0.0646. The number of ketones is 1. The molecule has 28 heavy (non-hydrogen) atoms. The third-order valence-corrected chi connectivity index (χ3v) is 4.38. The van der Waals surface area contributed by atoms with Gasteiger partial charge in [-0.05, 0) is 29.8 Å². The highest BCUT2D eigenvalue weighted by Crippen LogP contribution is 2.32. The third-order valence-electron chi connectivity index (χ3n) is 3.51. The maximum Gasteiger partial charge on any atom is 0.335 e. The zero-order valence-electron chi connectivity index (χ0n) is 17.8. The summed E-state index contributed by atoms with van der Waals surface area (Å²) in [7, 11) is -5.22. The van der Waals surface area contributed by atoms with Crippen molar-refractivity contribution >= 4 is 21.9 Å². The fourth-order valence-corrected chi connectivity index (χ4v) is 3.08. The summed E-state index contributed by atoms with van der Waals surface area (Å²) in [5.41, 5.74) is 1.64. The van der Waals surface area contributed by atoms with Gasteiger partial charge in [-0.15, -0.1) is 0 Å². The molecule has 10 heteroatoms. The molecule has 0 aliphatic carbocycles. The van der Waals surface area contributed by atoms with Crippen molar-refractivity contribution in [1.82, 2.24) is 0 Å². The molecule has 1 aliphatic heterocycles. The number of hydrogen-bond acceptors (Lipinski definition) is 8. The number of carbonyl (C=O) groups is 2. The zero-order chi connectivity index (χ0) is 23.9. The fraction of sp³-hybridized carbons (Fsp3) is 0.111. The zero-order valence-corrected chi connectivity index (χ0v) is 14.7. The van der Waals surface area contributed by atoms with Gasteiger partial charge in [-0.3, -0.25) is 4.79 Å². The van der Waals surface area contributed by atoms with Crippen molar-refractivity contribution in [3.63, 3.8) is 0 Å². The maximum absolute atomic E-state index is 13.1. The molecule has 0 saturated carbocycles. The molecule has 146 valence electrons. The molecule has 3 N–H and O–H groups in total. The number of benzene rings is 2. The van der Waals surface area contributed by atoms with Gasteiger partial charge in [0.25, 0.3) is 1.43 Å². The number of hydrogen-bond donors (Lipinski definition) is 2. The van der Waals surface area contributed by atoms with Gasteiger partial charge in [-0.25, -0.2) is 9.18 Å². The molecule has 0 spiro atoms. The van der Waals surface area contributed by atoms with E-state index >= 15 is 0 Å². The van der Waals surface area contributed by atoms with Gasteiger partial charge in [0.15, 0.2) is 6.08 Å². The first-order valence-electron chi connectivity index (χ1n) is 9.46. The van der Waals surface area contributed by atoms with E-state index in [4.69, 9.17) is 16.0 Å². The van der Waals surface area contributed by atoms with E-state index in [1.54, 1.807) is 0 Å². The number of nitrogens with two attached hydrogens (primary N) is 1. The van der Waals surface area contributed by atoms with E-state index < -0.39 is 56.7 Å². The van der Waals surface area contributed by atoms with Gasteiger partial charge in [-0.2, -0.15) is 8.42 Å². The second-order valence-corrected chi connectivity index (χ2v) is 6.74. The molecule has 0 saturated heterocycles. The molecule has 1 aliphatic rings. The number of carboxylic acid groups (broad SMARTS) is 1. The first kappa shape index (κ1) is 14.6. The van der Waals surface area contributed by atoms with Crippen molar-refractivity contribution < 1.29 is 40.5 Å². The smallest absolute Gasteiger partial charge is 0.335 e. The van der Waals surface area contributed by atoms with Gasteiger partial charge >= 0.3 is 16.1 Å². The van der Waals surface area contributed by atoms with Crippen LogP contribution in [-0.4, -0.2) is 25.3 Å². The molecule has 0 fully saturated rings. The average molecular weight is 411 g/mol. The molecule has 2 aromatic carbocycles. The lowest BCUT2D eigenvalue weighted by Gasteiger charge is -2.10. The monoisotopic (exact) mass is 411 g/mol. The second-order valence-electron chi connectivity index (χ2n) is 5.46. The van der Waals surface area contributed by atoms with Gasteiger partial charge in [0, 0.05) is 5.56 Å². The topological polar surface area (TPSA) is 133 Å². The van der Waals surface area contributed by atoms with Crippen molar-refractivity contribution in [3.8, 4) is 0 Å². The van der Waals surface area contributed by atoms with Crippen LogP contribution in [0.3, 0.4) is 0 Å². The van der Waals surface area contributed by atoms with Crippen molar-refractivity contribution in [3.05, 3.63) is 82.7 Å². The summed E-state index contributed by atoms with van der Waals surface area (Å²) in [4.78, 5) is 24.1. The summed E-state index contributed by atoms with van der Waals surface area (Å²) < 4.78 is 78.6. The van der Waals surface area contributed by atoms with Crippen molar-refractivity contribution in [2.45, 2.75) is 11.8 Å². The van der Waals surface area contributed by atoms with E-state index in [-0.39, 0.29) is 11.1 Å². The summed E-state index contributed by atoms with van der Waals surface area (Å²) in [5.74, 6) is -5.05. The Hall–Kier alpha value is -3.40. The summed E-state index contributed by atoms with van der Waals surface area (Å²) in [6.45, 7) is 0. The van der Waals surface area contributed by atoms with Crippen molar-refractivity contribution in [1.29, 1.82) is 1.43 Å². The van der Waals surface area contributed by atoms with Crippen LogP contribution in [0.2, 0.25) is 0 Å². The van der Waals surface area contributed by atoms with Gasteiger partial charge in [0.2, 0.25) is 17.4 Å². The van der Waals surface area contributed by atoms with Crippen molar-refractivity contribution in [2.75, 3.05) is 0 Å².